The lowest BCUT2D eigenvalue weighted by Crippen LogP contribution is -2.44. The molecule has 3 rings (SSSR count). The predicted molar refractivity (Wildman–Crippen MR) is 99.7 cm³/mol. The monoisotopic (exact) mass is 410 g/mol. The van der Waals surface area contributed by atoms with Crippen molar-refractivity contribution in [1.82, 2.24) is 9.80 Å². The smallest absolute Gasteiger partial charge is 0.345 e. The number of hydrogen-bond donors (Lipinski definition) is 0. The highest BCUT2D eigenvalue weighted by atomic mass is 19.4. The molecule has 1 saturated carbocycles. The van der Waals surface area contributed by atoms with Crippen LogP contribution < -0.4 is 0 Å². The van der Waals surface area contributed by atoms with E-state index in [2.05, 4.69) is 0 Å². The molecule has 1 aliphatic carbocycles. The van der Waals surface area contributed by atoms with Crippen LogP contribution >= 0.6 is 0 Å². The minimum absolute atomic E-state index is 0.0696. The van der Waals surface area contributed by atoms with Crippen LogP contribution in [0.1, 0.15) is 50.7 Å². The number of benzene rings is 1. The third-order valence-corrected chi connectivity index (χ3v) is 5.52. The third kappa shape index (κ3) is 4.16. The highest BCUT2D eigenvalue weighted by molar-refractivity contribution is 6.11. The van der Waals surface area contributed by atoms with Gasteiger partial charge in [0.25, 0.3) is 0 Å². The summed E-state index contributed by atoms with van der Waals surface area (Å²) in [6.07, 6.45) is -3.82. The van der Waals surface area contributed by atoms with Crippen molar-refractivity contribution in [3.63, 3.8) is 0 Å². The molecule has 0 aromatic heterocycles. The summed E-state index contributed by atoms with van der Waals surface area (Å²) in [4.78, 5) is 41.4. The summed E-state index contributed by atoms with van der Waals surface area (Å²) in [5.41, 5.74) is -2.42. The summed E-state index contributed by atoms with van der Waals surface area (Å²) in [5, 5.41) is 0. The van der Waals surface area contributed by atoms with Crippen LogP contribution in [-0.4, -0.2) is 47.2 Å². The summed E-state index contributed by atoms with van der Waals surface area (Å²) < 4.78 is 39.8. The lowest BCUT2D eigenvalue weighted by molar-refractivity contribution is -0.143. The van der Waals surface area contributed by atoms with Crippen LogP contribution in [0.5, 0.6) is 0 Å². The Kier molecular flexibility index (Phi) is 5.49. The molecular formula is C21H25F3N2O3. The number of nitrogens with zero attached hydrogens (tertiary/aromatic N) is 2. The molecule has 1 saturated heterocycles. The fraction of sp³-hybridized carbons (Fsp3) is 0.571. The van der Waals surface area contributed by atoms with Crippen LogP contribution in [0.2, 0.25) is 0 Å². The molecule has 0 unspecified atom stereocenters. The van der Waals surface area contributed by atoms with Crippen molar-refractivity contribution in [3.05, 3.63) is 35.4 Å². The zero-order chi connectivity index (χ0) is 21.6. The van der Waals surface area contributed by atoms with Gasteiger partial charge in [-0.05, 0) is 30.4 Å². The first-order chi connectivity index (χ1) is 13.5. The molecule has 158 valence electrons. The van der Waals surface area contributed by atoms with Gasteiger partial charge in [0.05, 0.1) is 11.0 Å². The highest BCUT2D eigenvalue weighted by Gasteiger charge is 2.57. The Morgan fingerprint density at radius 1 is 1.28 bits per heavy atom. The SMILES string of the molecule is CC(C)CN(C)C(=O)C[C@]1(c2cccc(C(F)(F)F)c2)CC(=O)N(C2CC2)C1=O. The Balaban J connectivity index is 2.02. The van der Waals surface area contributed by atoms with Crippen molar-refractivity contribution >= 4 is 17.7 Å². The predicted octanol–water partition coefficient (Wildman–Crippen LogP) is 3.37. The maximum atomic E-state index is 13.3. The first-order valence-corrected chi connectivity index (χ1v) is 9.74. The van der Waals surface area contributed by atoms with Gasteiger partial charge in [0.1, 0.15) is 0 Å². The summed E-state index contributed by atoms with van der Waals surface area (Å²) in [6, 6.07) is 4.25. The van der Waals surface area contributed by atoms with Gasteiger partial charge in [-0.3, -0.25) is 19.3 Å². The van der Waals surface area contributed by atoms with E-state index in [-0.39, 0.29) is 36.3 Å². The molecule has 1 aromatic carbocycles. The van der Waals surface area contributed by atoms with Crippen LogP contribution in [0, 0.1) is 5.92 Å². The molecule has 3 amide bonds. The minimum Gasteiger partial charge on any atom is -0.345 e. The molecule has 29 heavy (non-hydrogen) atoms. The summed E-state index contributed by atoms with van der Waals surface area (Å²) in [6.45, 7) is 4.32. The quantitative estimate of drug-likeness (QED) is 0.676. The summed E-state index contributed by atoms with van der Waals surface area (Å²) in [5.74, 6) is -1.16. The number of alkyl halides is 3. The van der Waals surface area contributed by atoms with Crippen LogP contribution in [0.25, 0.3) is 0 Å². The Bertz CT molecular complexity index is 833. The summed E-state index contributed by atoms with van der Waals surface area (Å²) >= 11 is 0. The standard InChI is InChI=1S/C21H25F3N2O3/c1-13(2)12-25(3)17(27)10-20(11-18(28)26(19(20)29)16-7-8-16)14-5-4-6-15(9-14)21(22,23)24/h4-6,9,13,16H,7-8,10-12H2,1-3H3/t20-/m1/s1. The molecule has 0 bridgehead atoms. The van der Waals surface area contributed by atoms with Gasteiger partial charge in [-0.2, -0.15) is 13.2 Å². The van der Waals surface area contributed by atoms with E-state index in [9.17, 15) is 27.6 Å². The maximum absolute atomic E-state index is 13.3. The molecule has 0 N–H and O–H groups in total. The first-order valence-electron chi connectivity index (χ1n) is 9.74. The fourth-order valence-corrected chi connectivity index (χ4v) is 3.97. The molecule has 1 aromatic rings. The average Bonchev–Trinajstić information content (AvgIpc) is 3.41. The van der Waals surface area contributed by atoms with Gasteiger partial charge in [-0.25, -0.2) is 0 Å². The van der Waals surface area contributed by atoms with Crippen LogP contribution in [-0.2, 0) is 26.0 Å². The molecule has 1 atom stereocenters. The molecule has 8 heteroatoms. The fourth-order valence-electron chi connectivity index (χ4n) is 3.97. The van der Waals surface area contributed by atoms with Crippen molar-refractivity contribution < 1.29 is 27.6 Å². The topological polar surface area (TPSA) is 57.7 Å². The van der Waals surface area contributed by atoms with Gasteiger partial charge in [0, 0.05) is 32.5 Å². The normalized spacial score (nSPS) is 22.5. The number of rotatable bonds is 6. The second-order valence-electron chi connectivity index (χ2n) is 8.48. The zero-order valence-electron chi connectivity index (χ0n) is 16.8. The van der Waals surface area contributed by atoms with Crippen molar-refractivity contribution in [2.75, 3.05) is 13.6 Å². The van der Waals surface area contributed by atoms with Crippen molar-refractivity contribution in [3.8, 4) is 0 Å². The second kappa shape index (κ2) is 7.46. The molecule has 1 aliphatic heterocycles. The van der Waals surface area contributed by atoms with E-state index in [1.54, 1.807) is 7.05 Å². The molecule has 2 fully saturated rings. The van der Waals surface area contributed by atoms with E-state index in [1.165, 1.54) is 17.0 Å². The van der Waals surface area contributed by atoms with E-state index in [0.29, 0.717) is 19.4 Å². The lowest BCUT2D eigenvalue weighted by Gasteiger charge is -2.30. The highest BCUT2D eigenvalue weighted by Crippen LogP contribution is 2.45. The first kappa shape index (κ1) is 21.3. The van der Waals surface area contributed by atoms with Crippen molar-refractivity contribution in [2.45, 2.75) is 57.2 Å². The van der Waals surface area contributed by atoms with Gasteiger partial charge in [0.15, 0.2) is 0 Å². The number of likely N-dealkylation sites (tertiary alicyclic amines) is 1. The Labute approximate surface area is 167 Å². The van der Waals surface area contributed by atoms with Crippen LogP contribution in [0.4, 0.5) is 13.2 Å². The number of carbonyl (C=O) groups excluding carboxylic acids is 3. The van der Waals surface area contributed by atoms with E-state index < -0.39 is 29.0 Å². The molecule has 0 radical (unpaired) electrons. The number of imide groups is 1. The number of hydrogen-bond acceptors (Lipinski definition) is 3. The van der Waals surface area contributed by atoms with Gasteiger partial charge in [0.2, 0.25) is 17.7 Å². The number of halogens is 3. The van der Waals surface area contributed by atoms with E-state index in [4.69, 9.17) is 0 Å². The third-order valence-electron chi connectivity index (χ3n) is 5.52. The molecular weight excluding hydrogens is 385 g/mol. The largest absolute Gasteiger partial charge is 0.416 e. The lowest BCUT2D eigenvalue weighted by atomic mass is 9.75. The zero-order valence-corrected chi connectivity index (χ0v) is 16.8. The Morgan fingerprint density at radius 2 is 1.93 bits per heavy atom. The van der Waals surface area contributed by atoms with Crippen LogP contribution in [0.3, 0.4) is 0 Å². The molecule has 5 nitrogen and oxygen atoms in total. The van der Waals surface area contributed by atoms with Crippen molar-refractivity contribution in [1.29, 1.82) is 0 Å². The van der Waals surface area contributed by atoms with Gasteiger partial charge in [-0.15, -0.1) is 0 Å². The Morgan fingerprint density at radius 3 is 2.48 bits per heavy atom. The summed E-state index contributed by atoms with van der Waals surface area (Å²) in [7, 11) is 1.60. The molecule has 1 heterocycles. The van der Waals surface area contributed by atoms with Crippen molar-refractivity contribution in [2.24, 2.45) is 5.92 Å². The second-order valence-corrected chi connectivity index (χ2v) is 8.48. The van der Waals surface area contributed by atoms with Gasteiger partial charge in [-0.1, -0.05) is 32.0 Å². The van der Waals surface area contributed by atoms with Gasteiger partial charge < -0.3 is 4.90 Å². The maximum Gasteiger partial charge on any atom is 0.416 e. The Hall–Kier alpha value is -2.38. The van der Waals surface area contributed by atoms with Gasteiger partial charge >= 0.3 is 6.18 Å². The number of carbonyl (C=O) groups is 3. The van der Waals surface area contributed by atoms with E-state index >= 15 is 0 Å². The van der Waals surface area contributed by atoms with Crippen LogP contribution in [0.15, 0.2) is 24.3 Å². The molecule has 2 aliphatic rings. The average molecular weight is 410 g/mol. The van der Waals surface area contributed by atoms with E-state index in [0.717, 1.165) is 17.0 Å². The van der Waals surface area contributed by atoms with E-state index in [1.807, 2.05) is 13.8 Å². The minimum atomic E-state index is -4.59. The molecule has 0 spiro atoms. The number of amides is 3.